The van der Waals surface area contributed by atoms with Crippen LogP contribution in [0, 0.1) is 5.82 Å². The number of amides is 1. The lowest BCUT2D eigenvalue weighted by molar-refractivity contribution is 0.102. The second-order valence-electron chi connectivity index (χ2n) is 3.60. The molecule has 1 amide bonds. The van der Waals surface area contributed by atoms with Crippen molar-refractivity contribution in [3.8, 4) is 0 Å². The Balaban J connectivity index is 2.28. The first-order chi connectivity index (χ1) is 8.95. The molecule has 1 heterocycles. The summed E-state index contributed by atoms with van der Waals surface area (Å²) in [5.41, 5.74) is 0.362. The predicted molar refractivity (Wildman–Crippen MR) is 73.6 cm³/mol. The molecule has 7 heteroatoms. The molecule has 2 rings (SSSR count). The summed E-state index contributed by atoms with van der Waals surface area (Å²) in [4.78, 5) is 15.7. The van der Waals surface area contributed by atoms with Crippen molar-refractivity contribution in [2.75, 3.05) is 5.32 Å². The molecule has 0 spiro atoms. The minimum Gasteiger partial charge on any atom is -0.322 e. The van der Waals surface area contributed by atoms with E-state index in [0.717, 1.165) is 12.1 Å². The summed E-state index contributed by atoms with van der Waals surface area (Å²) in [6.07, 6.45) is 1.26. The fourth-order valence-corrected chi connectivity index (χ4v) is 1.98. The van der Waals surface area contributed by atoms with Crippen LogP contribution >= 0.6 is 34.8 Å². The maximum atomic E-state index is 13.1. The average molecular weight is 320 g/mol. The number of nitrogens with one attached hydrogen (secondary N) is 1. The van der Waals surface area contributed by atoms with Gasteiger partial charge in [0.05, 0.1) is 10.6 Å². The zero-order valence-corrected chi connectivity index (χ0v) is 11.5. The minimum atomic E-state index is -0.554. The van der Waals surface area contributed by atoms with Crippen molar-refractivity contribution < 1.29 is 9.18 Å². The molecule has 1 N–H and O–H groups in total. The van der Waals surface area contributed by atoms with Crippen LogP contribution in [0.4, 0.5) is 10.1 Å². The number of hydrogen-bond acceptors (Lipinski definition) is 2. The number of benzene rings is 1. The first kappa shape index (κ1) is 14.1. The van der Waals surface area contributed by atoms with E-state index < -0.39 is 11.7 Å². The molecule has 0 unspecified atom stereocenters. The summed E-state index contributed by atoms with van der Waals surface area (Å²) in [7, 11) is 0. The summed E-state index contributed by atoms with van der Waals surface area (Å²) in [6, 6.07) is 5.01. The number of carbonyl (C=O) groups excluding carboxylic acids is 1. The van der Waals surface area contributed by atoms with Gasteiger partial charge in [-0.1, -0.05) is 34.8 Å². The molecule has 3 nitrogen and oxygen atoms in total. The molecule has 19 heavy (non-hydrogen) atoms. The number of halogens is 4. The van der Waals surface area contributed by atoms with E-state index in [1.807, 2.05) is 0 Å². The highest BCUT2D eigenvalue weighted by Gasteiger charge is 2.12. The zero-order valence-electron chi connectivity index (χ0n) is 9.25. The lowest BCUT2D eigenvalue weighted by atomic mass is 10.2. The van der Waals surface area contributed by atoms with Crippen LogP contribution in [0.25, 0.3) is 0 Å². The van der Waals surface area contributed by atoms with Crippen LogP contribution < -0.4 is 5.32 Å². The second kappa shape index (κ2) is 5.74. The van der Waals surface area contributed by atoms with E-state index in [1.54, 1.807) is 0 Å². The van der Waals surface area contributed by atoms with Crippen molar-refractivity contribution in [2.24, 2.45) is 0 Å². The fourth-order valence-electron chi connectivity index (χ4n) is 1.41. The molecule has 0 fully saturated rings. The van der Waals surface area contributed by atoms with Crippen LogP contribution in [0.2, 0.25) is 15.2 Å². The van der Waals surface area contributed by atoms with Gasteiger partial charge in [-0.05, 0) is 24.3 Å². The van der Waals surface area contributed by atoms with Crippen LogP contribution in [0.5, 0.6) is 0 Å². The monoisotopic (exact) mass is 318 g/mol. The molecule has 0 atom stereocenters. The third kappa shape index (κ3) is 3.56. The van der Waals surface area contributed by atoms with Gasteiger partial charge >= 0.3 is 0 Å². The Hall–Kier alpha value is -1.36. The largest absolute Gasteiger partial charge is 0.322 e. The van der Waals surface area contributed by atoms with Crippen LogP contribution in [-0.2, 0) is 0 Å². The maximum absolute atomic E-state index is 13.1. The normalized spacial score (nSPS) is 10.3. The number of aromatic nitrogens is 1. The molecule has 1 aromatic heterocycles. The Morgan fingerprint density at radius 2 is 1.89 bits per heavy atom. The summed E-state index contributed by atoms with van der Waals surface area (Å²) in [6.45, 7) is 0. The van der Waals surface area contributed by atoms with Gasteiger partial charge in [0, 0.05) is 16.9 Å². The van der Waals surface area contributed by atoms with Gasteiger partial charge in [0.2, 0.25) is 0 Å². The van der Waals surface area contributed by atoms with Crippen molar-refractivity contribution in [3.63, 3.8) is 0 Å². The third-order valence-electron chi connectivity index (χ3n) is 2.19. The van der Waals surface area contributed by atoms with Crippen molar-refractivity contribution in [3.05, 3.63) is 57.0 Å². The van der Waals surface area contributed by atoms with Crippen LogP contribution in [0.15, 0.2) is 30.5 Å². The molecule has 1 aromatic carbocycles. The predicted octanol–water partition coefficient (Wildman–Crippen LogP) is 4.43. The third-order valence-corrected chi connectivity index (χ3v) is 2.91. The van der Waals surface area contributed by atoms with E-state index >= 15 is 0 Å². The highest BCUT2D eigenvalue weighted by molar-refractivity contribution is 6.35. The second-order valence-corrected chi connectivity index (χ2v) is 4.83. The van der Waals surface area contributed by atoms with Crippen molar-refractivity contribution in [2.45, 2.75) is 0 Å². The fraction of sp³-hybridized carbons (Fsp3) is 0. The quantitative estimate of drug-likeness (QED) is 0.832. The highest BCUT2D eigenvalue weighted by atomic mass is 35.5. The lowest BCUT2D eigenvalue weighted by Crippen LogP contribution is -2.13. The molecule has 2 aromatic rings. The van der Waals surface area contributed by atoms with Crippen molar-refractivity contribution >= 4 is 46.4 Å². The smallest absolute Gasteiger partial charge is 0.257 e. The molecule has 0 saturated heterocycles. The number of carbonyl (C=O) groups is 1. The van der Waals surface area contributed by atoms with Crippen molar-refractivity contribution in [1.29, 1.82) is 0 Å². The maximum Gasteiger partial charge on any atom is 0.257 e. The Morgan fingerprint density at radius 3 is 2.58 bits per heavy atom. The summed E-state index contributed by atoms with van der Waals surface area (Å²) in [5, 5.41) is 2.92. The van der Waals surface area contributed by atoms with Gasteiger partial charge in [-0.15, -0.1) is 0 Å². The van der Waals surface area contributed by atoms with Gasteiger partial charge in [0.25, 0.3) is 5.91 Å². The number of nitrogens with zero attached hydrogens (tertiary/aromatic N) is 1. The Morgan fingerprint density at radius 1 is 1.16 bits per heavy atom. The lowest BCUT2D eigenvalue weighted by Gasteiger charge is -2.07. The molecular weight excluding hydrogens is 314 g/mol. The molecule has 0 saturated carbocycles. The number of hydrogen-bond donors (Lipinski definition) is 1. The topological polar surface area (TPSA) is 42.0 Å². The standard InChI is InChI=1S/C12H6Cl3FN2O/c13-6-1-7(16)3-8(2-6)18-12(19)9-4-11(15)17-5-10(9)14/h1-5H,(H,18,19). The van der Waals surface area contributed by atoms with Crippen molar-refractivity contribution in [1.82, 2.24) is 4.98 Å². The van der Waals surface area contributed by atoms with E-state index in [0.29, 0.717) is 0 Å². The van der Waals surface area contributed by atoms with Crippen LogP contribution in [0.3, 0.4) is 0 Å². The first-order valence-electron chi connectivity index (χ1n) is 5.04. The van der Waals surface area contributed by atoms with Gasteiger partial charge in [-0.2, -0.15) is 0 Å². The van der Waals surface area contributed by atoms with Gasteiger partial charge in [0.1, 0.15) is 11.0 Å². The van der Waals surface area contributed by atoms with Crippen LogP contribution in [0.1, 0.15) is 10.4 Å². The van der Waals surface area contributed by atoms with Gasteiger partial charge in [-0.3, -0.25) is 4.79 Å². The van der Waals surface area contributed by atoms with Gasteiger partial charge in [0.15, 0.2) is 0 Å². The number of rotatable bonds is 2. The Labute approximate surface area is 123 Å². The Kier molecular flexibility index (Phi) is 4.24. The zero-order chi connectivity index (χ0) is 14.0. The SMILES string of the molecule is O=C(Nc1cc(F)cc(Cl)c1)c1cc(Cl)ncc1Cl. The van der Waals surface area contributed by atoms with Gasteiger partial charge < -0.3 is 5.32 Å². The van der Waals surface area contributed by atoms with Gasteiger partial charge in [-0.25, -0.2) is 9.37 Å². The van der Waals surface area contributed by atoms with E-state index in [-0.39, 0.29) is 26.4 Å². The minimum absolute atomic E-state index is 0.131. The molecule has 0 radical (unpaired) electrons. The molecule has 0 aliphatic heterocycles. The molecule has 0 bridgehead atoms. The average Bonchev–Trinajstić information content (AvgIpc) is 2.30. The molecule has 0 aliphatic carbocycles. The number of pyridine rings is 1. The summed E-state index contributed by atoms with van der Waals surface area (Å²) >= 11 is 17.2. The number of anilines is 1. The van der Waals surface area contributed by atoms with E-state index in [1.165, 1.54) is 18.3 Å². The molecular formula is C12H6Cl3FN2O. The van der Waals surface area contributed by atoms with E-state index in [2.05, 4.69) is 10.3 Å². The highest BCUT2D eigenvalue weighted by Crippen LogP contribution is 2.22. The molecule has 98 valence electrons. The Bertz CT molecular complexity index is 629. The first-order valence-corrected chi connectivity index (χ1v) is 6.17. The summed E-state index contributed by atoms with van der Waals surface area (Å²) in [5.74, 6) is -1.09. The van der Waals surface area contributed by atoms with E-state index in [9.17, 15) is 9.18 Å². The summed E-state index contributed by atoms with van der Waals surface area (Å²) < 4.78 is 13.1. The van der Waals surface area contributed by atoms with E-state index in [4.69, 9.17) is 34.8 Å². The van der Waals surface area contributed by atoms with Crippen LogP contribution in [-0.4, -0.2) is 10.9 Å². The molecule has 0 aliphatic rings.